The minimum absolute atomic E-state index is 0.0969. The van der Waals surface area contributed by atoms with Gasteiger partial charge >= 0.3 is 0 Å². The largest absolute Gasteiger partial charge is 0.478 e. The number of nitrogens with one attached hydrogen (secondary N) is 1. The van der Waals surface area contributed by atoms with E-state index in [1.807, 2.05) is 6.92 Å². The Balaban J connectivity index is 1.94. The Hall–Kier alpha value is -1.36. The molecular formula is C15H25N3O2. The molecule has 2 rings (SSSR count). The second kappa shape index (κ2) is 6.39. The maximum Gasteiger partial charge on any atom is 0.226 e. The van der Waals surface area contributed by atoms with Crippen molar-refractivity contribution in [3.05, 3.63) is 12.3 Å². The van der Waals surface area contributed by atoms with Crippen LogP contribution in [0.2, 0.25) is 0 Å². The van der Waals surface area contributed by atoms with Crippen molar-refractivity contribution in [2.75, 3.05) is 18.5 Å². The quantitative estimate of drug-likeness (QED) is 0.831. The summed E-state index contributed by atoms with van der Waals surface area (Å²) in [7, 11) is 0. The zero-order valence-electron chi connectivity index (χ0n) is 12.8. The number of rotatable bonds is 7. The van der Waals surface area contributed by atoms with E-state index < -0.39 is 0 Å². The summed E-state index contributed by atoms with van der Waals surface area (Å²) in [6.07, 6.45) is 4.00. The van der Waals surface area contributed by atoms with Crippen molar-refractivity contribution < 1.29 is 9.47 Å². The summed E-state index contributed by atoms with van der Waals surface area (Å²) in [5.41, 5.74) is 0.0969. The number of hydrogen-bond donors (Lipinski definition) is 1. The summed E-state index contributed by atoms with van der Waals surface area (Å²) in [5, 5.41) is 3.39. The van der Waals surface area contributed by atoms with Gasteiger partial charge in [-0.15, -0.1) is 0 Å². The van der Waals surface area contributed by atoms with Crippen LogP contribution in [-0.2, 0) is 4.74 Å². The first-order chi connectivity index (χ1) is 9.57. The van der Waals surface area contributed by atoms with Crippen LogP contribution in [0.4, 0.5) is 5.95 Å². The monoisotopic (exact) mass is 279 g/mol. The van der Waals surface area contributed by atoms with Gasteiger partial charge in [-0.05, 0) is 19.8 Å². The predicted molar refractivity (Wildman–Crippen MR) is 79.0 cm³/mol. The molecule has 0 radical (unpaired) electrons. The molecule has 0 saturated heterocycles. The van der Waals surface area contributed by atoms with E-state index in [0.717, 1.165) is 19.4 Å². The van der Waals surface area contributed by atoms with Crippen molar-refractivity contribution in [3.8, 4) is 5.88 Å². The van der Waals surface area contributed by atoms with Crippen molar-refractivity contribution in [2.24, 2.45) is 5.41 Å². The standard InChI is InChI=1S/C15H25N3O2/c1-5-9-20-13-7-8-16-14(18-13)17-11-10-12(19-6-2)15(11,3)4/h7-8,11-12H,5-6,9-10H2,1-4H3,(H,16,17,18). The molecule has 5 heteroatoms. The molecule has 1 aliphatic rings. The average molecular weight is 279 g/mol. The molecule has 20 heavy (non-hydrogen) atoms. The molecule has 112 valence electrons. The zero-order valence-corrected chi connectivity index (χ0v) is 12.8. The van der Waals surface area contributed by atoms with Crippen molar-refractivity contribution in [3.63, 3.8) is 0 Å². The van der Waals surface area contributed by atoms with E-state index in [2.05, 4.69) is 36.1 Å². The van der Waals surface area contributed by atoms with Gasteiger partial charge < -0.3 is 14.8 Å². The van der Waals surface area contributed by atoms with Gasteiger partial charge in [0, 0.05) is 30.3 Å². The summed E-state index contributed by atoms with van der Waals surface area (Å²) in [6.45, 7) is 9.98. The van der Waals surface area contributed by atoms with Crippen LogP contribution >= 0.6 is 0 Å². The lowest BCUT2D eigenvalue weighted by Crippen LogP contribution is -2.58. The second-order valence-corrected chi connectivity index (χ2v) is 5.76. The normalized spacial score (nSPS) is 24.0. The van der Waals surface area contributed by atoms with Crippen LogP contribution in [0.5, 0.6) is 5.88 Å². The molecule has 1 heterocycles. The maximum absolute atomic E-state index is 5.73. The van der Waals surface area contributed by atoms with Gasteiger partial charge in [0.15, 0.2) is 0 Å². The lowest BCUT2D eigenvalue weighted by molar-refractivity contribution is -0.0977. The Bertz CT molecular complexity index is 437. The molecule has 0 aliphatic heterocycles. The van der Waals surface area contributed by atoms with Crippen LogP contribution in [0.3, 0.4) is 0 Å². The molecule has 0 aromatic carbocycles. The van der Waals surface area contributed by atoms with Gasteiger partial charge in [0.05, 0.1) is 12.7 Å². The molecule has 1 aliphatic carbocycles. The van der Waals surface area contributed by atoms with Gasteiger partial charge in [-0.1, -0.05) is 20.8 Å². The highest BCUT2D eigenvalue weighted by Gasteiger charge is 2.49. The summed E-state index contributed by atoms with van der Waals surface area (Å²) in [4.78, 5) is 8.65. The molecular weight excluding hydrogens is 254 g/mol. The third kappa shape index (κ3) is 3.20. The molecule has 1 fully saturated rings. The van der Waals surface area contributed by atoms with E-state index >= 15 is 0 Å². The maximum atomic E-state index is 5.73. The fourth-order valence-corrected chi connectivity index (χ4v) is 2.47. The van der Waals surface area contributed by atoms with Gasteiger partial charge in [0.1, 0.15) is 0 Å². The van der Waals surface area contributed by atoms with Gasteiger partial charge in [-0.2, -0.15) is 4.98 Å². The second-order valence-electron chi connectivity index (χ2n) is 5.76. The Kier molecular flexibility index (Phi) is 4.81. The minimum atomic E-state index is 0.0969. The Labute approximate surface area is 121 Å². The van der Waals surface area contributed by atoms with Crippen molar-refractivity contribution in [1.82, 2.24) is 9.97 Å². The third-order valence-electron chi connectivity index (χ3n) is 3.93. The van der Waals surface area contributed by atoms with Crippen LogP contribution < -0.4 is 10.1 Å². The van der Waals surface area contributed by atoms with Crippen molar-refractivity contribution in [1.29, 1.82) is 0 Å². The summed E-state index contributed by atoms with van der Waals surface area (Å²) >= 11 is 0. The minimum Gasteiger partial charge on any atom is -0.478 e. The van der Waals surface area contributed by atoms with E-state index in [1.165, 1.54) is 0 Å². The van der Waals surface area contributed by atoms with Crippen LogP contribution in [0.1, 0.15) is 40.5 Å². The molecule has 1 aromatic heterocycles. The first-order valence-electron chi connectivity index (χ1n) is 7.41. The molecule has 0 amide bonds. The average Bonchev–Trinajstić information content (AvgIpc) is 2.44. The first kappa shape index (κ1) is 15.0. The van der Waals surface area contributed by atoms with Crippen molar-refractivity contribution >= 4 is 5.95 Å². The highest BCUT2D eigenvalue weighted by Crippen LogP contribution is 2.44. The van der Waals surface area contributed by atoms with E-state index in [0.29, 0.717) is 30.6 Å². The van der Waals surface area contributed by atoms with Crippen LogP contribution in [0.25, 0.3) is 0 Å². The molecule has 0 bridgehead atoms. The molecule has 5 nitrogen and oxygen atoms in total. The van der Waals surface area contributed by atoms with Gasteiger partial charge in [0.25, 0.3) is 0 Å². The zero-order chi connectivity index (χ0) is 14.6. The van der Waals surface area contributed by atoms with Crippen LogP contribution in [0.15, 0.2) is 12.3 Å². The fourth-order valence-electron chi connectivity index (χ4n) is 2.47. The van der Waals surface area contributed by atoms with Gasteiger partial charge in [-0.25, -0.2) is 4.98 Å². The van der Waals surface area contributed by atoms with Crippen molar-refractivity contribution in [2.45, 2.75) is 52.7 Å². The van der Waals surface area contributed by atoms with Gasteiger partial charge in [-0.3, -0.25) is 0 Å². The Morgan fingerprint density at radius 1 is 1.40 bits per heavy atom. The molecule has 1 aromatic rings. The highest BCUT2D eigenvalue weighted by molar-refractivity contribution is 5.32. The summed E-state index contributed by atoms with van der Waals surface area (Å²) < 4.78 is 11.3. The lowest BCUT2D eigenvalue weighted by atomic mass is 9.64. The van der Waals surface area contributed by atoms with E-state index in [1.54, 1.807) is 12.3 Å². The lowest BCUT2D eigenvalue weighted by Gasteiger charge is -2.51. The van der Waals surface area contributed by atoms with Crippen LogP contribution in [0, 0.1) is 5.41 Å². The predicted octanol–water partition coefficient (Wildman–Crippen LogP) is 2.88. The molecule has 1 saturated carbocycles. The topological polar surface area (TPSA) is 56.3 Å². The van der Waals surface area contributed by atoms with E-state index in [-0.39, 0.29) is 5.41 Å². The van der Waals surface area contributed by atoms with E-state index in [9.17, 15) is 0 Å². The summed E-state index contributed by atoms with van der Waals surface area (Å²) in [5.74, 6) is 1.26. The van der Waals surface area contributed by atoms with Gasteiger partial charge in [0.2, 0.25) is 11.8 Å². The summed E-state index contributed by atoms with van der Waals surface area (Å²) in [6, 6.07) is 2.12. The highest BCUT2D eigenvalue weighted by atomic mass is 16.5. The van der Waals surface area contributed by atoms with Crippen LogP contribution in [-0.4, -0.2) is 35.3 Å². The number of aromatic nitrogens is 2. The van der Waals surface area contributed by atoms with E-state index in [4.69, 9.17) is 9.47 Å². The Morgan fingerprint density at radius 2 is 2.20 bits per heavy atom. The molecule has 2 atom stereocenters. The Morgan fingerprint density at radius 3 is 2.85 bits per heavy atom. The fraction of sp³-hybridized carbons (Fsp3) is 0.733. The number of hydrogen-bond acceptors (Lipinski definition) is 5. The first-order valence-corrected chi connectivity index (χ1v) is 7.41. The SMILES string of the molecule is CCCOc1ccnc(NC2CC(OCC)C2(C)C)n1. The number of nitrogens with zero attached hydrogens (tertiary/aromatic N) is 2. The molecule has 0 spiro atoms. The molecule has 1 N–H and O–H groups in total. The number of anilines is 1. The smallest absolute Gasteiger partial charge is 0.226 e. The number of ether oxygens (including phenoxy) is 2. The molecule has 2 unspecified atom stereocenters. The third-order valence-corrected chi connectivity index (χ3v) is 3.93.